The maximum Gasteiger partial charge on any atom is 0.242 e. The average molecular weight is 314 g/mol. The molecule has 0 aromatic rings. The summed E-state index contributed by atoms with van der Waals surface area (Å²) in [7, 11) is 0. The third kappa shape index (κ3) is 4.88. The van der Waals surface area contributed by atoms with Crippen LogP contribution in [0.25, 0.3) is 0 Å². The van der Waals surface area contributed by atoms with Gasteiger partial charge < -0.3 is 14.5 Å². The Hall–Kier alpha value is -0.750. The summed E-state index contributed by atoms with van der Waals surface area (Å²) in [6.07, 6.45) is 4.42. The van der Waals surface area contributed by atoms with E-state index < -0.39 is 0 Å². The van der Waals surface area contributed by atoms with Crippen LogP contribution in [0, 0.1) is 0 Å². The molecule has 0 spiro atoms. The van der Waals surface area contributed by atoms with Gasteiger partial charge in [0.25, 0.3) is 0 Å². The molecule has 0 N–H and O–H groups in total. The number of amides is 2. The van der Waals surface area contributed by atoms with E-state index in [-0.39, 0.29) is 30.5 Å². The van der Waals surface area contributed by atoms with Gasteiger partial charge in [0.2, 0.25) is 11.8 Å². The number of nitrogens with zero attached hydrogens (tertiary/aromatic N) is 2. The highest BCUT2D eigenvalue weighted by Gasteiger charge is 2.30. The second-order valence-electron chi connectivity index (χ2n) is 6.01. The van der Waals surface area contributed by atoms with Gasteiger partial charge in [-0.3, -0.25) is 9.59 Å². The number of ether oxygens (including phenoxy) is 1. The molecule has 5 nitrogen and oxygen atoms in total. The smallest absolute Gasteiger partial charge is 0.242 e. The van der Waals surface area contributed by atoms with Crippen molar-refractivity contribution in [1.82, 2.24) is 9.80 Å². The molecule has 21 heavy (non-hydrogen) atoms. The molecule has 0 aliphatic carbocycles. The van der Waals surface area contributed by atoms with E-state index in [0.29, 0.717) is 18.2 Å². The molecular formula is C15H26N2O3S. The number of rotatable bonds is 6. The Kier molecular flexibility index (Phi) is 6.36. The van der Waals surface area contributed by atoms with E-state index in [9.17, 15) is 9.59 Å². The number of thioether (sulfide) groups is 1. The number of hydrogen-bond donors (Lipinski definition) is 0. The van der Waals surface area contributed by atoms with Gasteiger partial charge in [-0.05, 0) is 39.5 Å². The van der Waals surface area contributed by atoms with Crippen molar-refractivity contribution in [2.75, 3.05) is 31.3 Å². The van der Waals surface area contributed by atoms with Crippen molar-refractivity contribution >= 4 is 23.6 Å². The first-order valence-electron chi connectivity index (χ1n) is 7.84. The summed E-state index contributed by atoms with van der Waals surface area (Å²) in [5, 5.41) is 0. The fraction of sp³-hybridized carbons (Fsp3) is 0.867. The first-order valence-corrected chi connectivity index (χ1v) is 9.00. The maximum atomic E-state index is 12.5. The zero-order chi connectivity index (χ0) is 15.2. The zero-order valence-electron chi connectivity index (χ0n) is 13.0. The lowest BCUT2D eigenvalue weighted by Gasteiger charge is -2.36. The van der Waals surface area contributed by atoms with Gasteiger partial charge in [0.1, 0.15) is 6.54 Å². The quantitative estimate of drug-likeness (QED) is 0.749. The van der Waals surface area contributed by atoms with E-state index in [0.717, 1.165) is 25.8 Å². The van der Waals surface area contributed by atoms with Crippen LogP contribution in [-0.4, -0.2) is 65.1 Å². The van der Waals surface area contributed by atoms with Crippen LogP contribution in [0.3, 0.4) is 0 Å². The van der Waals surface area contributed by atoms with E-state index in [1.165, 1.54) is 6.42 Å². The van der Waals surface area contributed by atoms with Crippen LogP contribution in [0.2, 0.25) is 0 Å². The molecule has 2 aliphatic rings. The lowest BCUT2D eigenvalue weighted by Crippen LogP contribution is -2.48. The van der Waals surface area contributed by atoms with Gasteiger partial charge in [-0.2, -0.15) is 0 Å². The van der Waals surface area contributed by atoms with E-state index >= 15 is 0 Å². The number of hydrogen-bond acceptors (Lipinski definition) is 4. The molecule has 2 amide bonds. The Balaban J connectivity index is 1.84. The second kappa shape index (κ2) is 8.03. The van der Waals surface area contributed by atoms with E-state index in [4.69, 9.17) is 4.74 Å². The van der Waals surface area contributed by atoms with Gasteiger partial charge in [0.15, 0.2) is 0 Å². The molecule has 1 unspecified atom stereocenters. The van der Waals surface area contributed by atoms with E-state index in [1.54, 1.807) is 16.7 Å². The molecule has 0 radical (unpaired) electrons. The van der Waals surface area contributed by atoms with Crippen LogP contribution >= 0.6 is 11.8 Å². The topological polar surface area (TPSA) is 49.9 Å². The summed E-state index contributed by atoms with van der Waals surface area (Å²) in [4.78, 5) is 27.8. The monoisotopic (exact) mass is 314 g/mol. The average Bonchev–Trinajstić information content (AvgIpc) is 2.84. The molecular weight excluding hydrogens is 288 g/mol. The van der Waals surface area contributed by atoms with Crippen LogP contribution in [0.15, 0.2) is 0 Å². The fourth-order valence-electron chi connectivity index (χ4n) is 2.86. The number of carbonyl (C=O) groups excluding carboxylic acids is 2. The molecule has 1 atom stereocenters. The highest BCUT2D eigenvalue weighted by Crippen LogP contribution is 2.21. The number of likely N-dealkylation sites (tertiary alicyclic amines) is 1. The second-order valence-corrected chi connectivity index (χ2v) is 6.97. The predicted octanol–water partition coefficient (Wildman–Crippen LogP) is 1.72. The van der Waals surface area contributed by atoms with Gasteiger partial charge in [0, 0.05) is 19.2 Å². The van der Waals surface area contributed by atoms with Crippen LogP contribution in [0.5, 0.6) is 0 Å². The largest absolute Gasteiger partial charge is 0.379 e. The third-order valence-corrected chi connectivity index (χ3v) is 4.95. The minimum atomic E-state index is 0.0880. The normalized spacial score (nSPS) is 23.2. The Morgan fingerprint density at radius 3 is 2.90 bits per heavy atom. The summed E-state index contributed by atoms with van der Waals surface area (Å²) < 4.78 is 5.62. The summed E-state index contributed by atoms with van der Waals surface area (Å²) in [6.45, 7) is 5.82. The van der Waals surface area contributed by atoms with Gasteiger partial charge in [-0.25, -0.2) is 0 Å². The molecule has 0 aromatic heterocycles. The molecule has 2 fully saturated rings. The van der Waals surface area contributed by atoms with Crippen molar-refractivity contribution in [3.63, 3.8) is 0 Å². The third-order valence-electron chi connectivity index (χ3n) is 4.00. The first-order chi connectivity index (χ1) is 10.1. The Labute approximate surface area is 131 Å². The Morgan fingerprint density at radius 2 is 2.24 bits per heavy atom. The van der Waals surface area contributed by atoms with Gasteiger partial charge in [-0.15, -0.1) is 11.8 Å². The summed E-state index contributed by atoms with van der Waals surface area (Å²) in [5.41, 5.74) is 0. The number of carbonyl (C=O) groups is 2. The Bertz CT molecular complexity index is 376. The van der Waals surface area contributed by atoms with Crippen molar-refractivity contribution in [2.24, 2.45) is 0 Å². The molecule has 0 saturated carbocycles. The molecule has 2 aliphatic heterocycles. The molecule has 2 rings (SSSR count). The molecule has 2 heterocycles. The van der Waals surface area contributed by atoms with Crippen LogP contribution in [0.4, 0.5) is 0 Å². The van der Waals surface area contributed by atoms with Crippen molar-refractivity contribution in [2.45, 2.75) is 51.7 Å². The first kappa shape index (κ1) is 16.6. The van der Waals surface area contributed by atoms with Crippen LogP contribution in [-0.2, 0) is 14.3 Å². The Morgan fingerprint density at radius 1 is 1.43 bits per heavy atom. The summed E-state index contributed by atoms with van der Waals surface area (Å²) in [5.74, 6) is 1.35. The lowest BCUT2D eigenvalue weighted by atomic mass is 9.99. The van der Waals surface area contributed by atoms with Crippen molar-refractivity contribution < 1.29 is 14.3 Å². The highest BCUT2D eigenvalue weighted by molar-refractivity contribution is 8.00. The van der Waals surface area contributed by atoms with Gasteiger partial charge in [-0.1, -0.05) is 0 Å². The van der Waals surface area contributed by atoms with Crippen molar-refractivity contribution in [3.8, 4) is 0 Å². The fourth-order valence-corrected chi connectivity index (χ4v) is 3.77. The van der Waals surface area contributed by atoms with E-state index in [1.807, 2.05) is 18.7 Å². The van der Waals surface area contributed by atoms with Gasteiger partial charge in [0.05, 0.1) is 17.7 Å². The highest BCUT2D eigenvalue weighted by atomic mass is 32.2. The molecule has 120 valence electrons. The number of piperidine rings is 1. The van der Waals surface area contributed by atoms with Crippen molar-refractivity contribution in [3.05, 3.63) is 0 Å². The predicted molar refractivity (Wildman–Crippen MR) is 84.1 cm³/mol. The lowest BCUT2D eigenvalue weighted by molar-refractivity contribution is -0.141. The SMILES string of the molecule is CC(C)OCCC1CCCCN1C(=O)CN1CSCC1=O. The molecule has 2 saturated heterocycles. The van der Waals surface area contributed by atoms with Crippen LogP contribution in [0.1, 0.15) is 39.5 Å². The minimum absolute atomic E-state index is 0.0880. The van der Waals surface area contributed by atoms with E-state index in [2.05, 4.69) is 0 Å². The van der Waals surface area contributed by atoms with Gasteiger partial charge >= 0.3 is 0 Å². The standard InChI is InChI=1S/C15H26N2O3S/c1-12(2)20-8-6-13-5-3-4-7-17(13)14(18)9-16-11-21-10-15(16)19/h12-13H,3-11H2,1-2H3. The van der Waals surface area contributed by atoms with Crippen LogP contribution < -0.4 is 0 Å². The molecule has 0 aromatic carbocycles. The zero-order valence-corrected chi connectivity index (χ0v) is 13.9. The maximum absolute atomic E-state index is 12.5. The molecule has 0 bridgehead atoms. The molecule has 6 heteroatoms. The summed E-state index contributed by atoms with van der Waals surface area (Å²) >= 11 is 1.58. The minimum Gasteiger partial charge on any atom is -0.379 e. The summed E-state index contributed by atoms with van der Waals surface area (Å²) in [6, 6.07) is 0.273. The van der Waals surface area contributed by atoms with Crippen molar-refractivity contribution in [1.29, 1.82) is 0 Å².